The van der Waals surface area contributed by atoms with E-state index < -0.39 is 5.97 Å². The molecule has 78 valence electrons. The molecule has 0 saturated carbocycles. The van der Waals surface area contributed by atoms with Gasteiger partial charge in [0, 0.05) is 0 Å². The lowest BCUT2D eigenvalue weighted by molar-refractivity contribution is 0.0518. The molecule has 0 bridgehead atoms. The first kappa shape index (κ1) is 10.6. The highest BCUT2D eigenvalue weighted by Gasteiger charge is 2.16. The SMILES string of the molecule is CCOC(=O)c1n[nH]nc1CCCN. The smallest absolute Gasteiger partial charge is 0.360 e. The Balaban J connectivity index is 2.66. The molecule has 6 heteroatoms. The minimum Gasteiger partial charge on any atom is -0.461 e. The molecule has 0 spiro atoms. The number of H-pyrrole nitrogens is 1. The number of nitrogens with two attached hydrogens (primary N) is 1. The van der Waals surface area contributed by atoms with E-state index in [0.717, 1.165) is 6.42 Å². The number of rotatable bonds is 5. The number of carbonyl (C=O) groups excluding carboxylic acids is 1. The maximum Gasteiger partial charge on any atom is 0.360 e. The lowest BCUT2D eigenvalue weighted by Crippen LogP contribution is -2.09. The quantitative estimate of drug-likeness (QED) is 0.643. The van der Waals surface area contributed by atoms with Gasteiger partial charge < -0.3 is 10.5 Å². The van der Waals surface area contributed by atoms with Gasteiger partial charge in [0.15, 0.2) is 5.69 Å². The van der Waals surface area contributed by atoms with Crippen LogP contribution in [0, 0.1) is 0 Å². The zero-order valence-electron chi connectivity index (χ0n) is 8.12. The monoisotopic (exact) mass is 198 g/mol. The number of hydrogen-bond acceptors (Lipinski definition) is 5. The van der Waals surface area contributed by atoms with Crippen molar-refractivity contribution in [1.29, 1.82) is 0 Å². The summed E-state index contributed by atoms with van der Waals surface area (Å²) in [5, 5.41) is 10.0. The van der Waals surface area contributed by atoms with Crippen LogP contribution in [0.4, 0.5) is 0 Å². The molecule has 0 amide bonds. The van der Waals surface area contributed by atoms with E-state index in [2.05, 4.69) is 15.4 Å². The number of esters is 1. The summed E-state index contributed by atoms with van der Waals surface area (Å²) in [6.07, 6.45) is 1.42. The van der Waals surface area contributed by atoms with Gasteiger partial charge in [-0.1, -0.05) is 0 Å². The molecular weight excluding hydrogens is 184 g/mol. The molecule has 0 atom stereocenters. The molecule has 0 aromatic carbocycles. The van der Waals surface area contributed by atoms with Crippen molar-refractivity contribution in [2.24, 2.45) is 5.73 Å². The van der Waals surface area contributed by atoms with E-state index in [1.807, 2.05) is 0 Å². The number of aromatic amines is 1. The number of hydrogen-bond donors (Lipinski definition) is 2. The Bertz CT molecular complexity index is 297. The van der Waals surface area contributed by atoms with Crippen LogP contribution >= 0.6 is 0 Å². The van der Waals surface area contributed by atoms with Crippen molar-refractivity contribution in [3.05, 3.63) is 11.4 Å². The van der Waals surface area contributed by atoms with Crippen molar-refractivity contribution < 1.29 is 9.53 Å². The van der Waals surface area contributed by atoms with Crippen LogP contribution in [0.3, 0.4) is 0 Å². The van der Waals surface area contributed by atoms with Crippen molar-refractivity contribution in [2.75, 3.05) is 13.2 Å². The third kappa shape index (κ3) is 2.53. The highest BCUT2D eigenvalue weighted by Crippen LogP contribution is 2.05. The van der Waals surface area contributed by atoms with Crippen molar-refractivity contribution in [3.63, 3.8) is 0 Å². The Kier molecular flexibility index (Phi) is 4.06. The van der Waals surface area contributed by atoms with E-state index in [4.69, 9.17) is 10.5 Å². The first-order chi connectivity index (χ1) is 6.79. The maximum atomic E-state index is 11.3. The molecule has 0 aliphatic carbocycles. The van der Waals surface area contributed by atoms with E-state index in [1.54, 1.807) is 6.92 Å². The molecule has 6 nitrogen and oxygen atoms in total. The number of ether oxygens (including phenoxy) is 1. The average molecular weight is 198 g/mol. The van der Waals surface area contributed by atoms with Gasteiger partial charge in [0.2, 0.25) is 0 Å². The molecule has 0 saturated heterocycles. The Morgan fingerprint density at radius 3 is 3.00 bits per heavy atom. The first-order valence-corrected chi connectivity index (χ1v) is 4.56. The fourth-order valence-corrected chi connectivity index (χ4v) is 1.06. The Morgan fingerprint density at radius 2 is 2.36 bits per heavy atom. The molecule has 1 heterocycles. The lowest BCUT2D eigenvalue weighted by atomic mass is 10.2. The van der Waals surface area contributed by atoms with E-state index in [9.17, 15) is 4.79 Å². The van der Waals surface area contributed by atoms with Gasteiger partial charge in [-0.05, 0) is 26.3 Å². The minimum atomic E-state index is -0.437. The predicted molar refractivity (Wildman–Crippen MR) is 49.7 cm³/mol. The lowest BCUT2D eigenvalue weighted by Gasteiger charge is -1.99. The van der Waals surface area contributed by atoms with E-state index >= 15 is 0 Å². The summed E-state index contributed by atoms with van der Waals surface area (Å²) in [5.74, 6) is -0.437. The number of nitrogens with zero attached hydrogens (tertiary/aromatic N) is 2. The molecule has 0 radical (unpaired) electrons. The maximum absolute atomic E-state index is 11.3. The summed E-state index contributed by atoms with van der Waals surface area (Å²) in [5.41, 5.74) is 6.24. The number of carbonyl (C=O) groups is 1. The van der Waals surface area contributed by atoms with Crippen LogP contribution in [0.25, 0.3) is 0 Å². The Morgan fingerprint density at radius 1 is 1.57 bits per heavy atom. The average Bonchev–Trinajstić information content (AvgIpc) is 2.63. The minimum absolute atomic E-state index is 0.264. The largest absolute Gasteiger partial charge is 0.461 e. The van der Waals surface area contributed by atoms with E-state index in [1.165, 1.54) is 0 Å². The Labute approximate surface area is 81.8 Å². The van der Waals surface area contributed by atoms with Crippen molar-refractivity contribution in [1.82, 2.24) is 15.4 Å². The fraction of sp³-hybridized carbons (Fsp3) is 0.625. The van der Waals surface area contributed by atoms with Crippen LogP contribution in [0.1, 0.15) is 29.5 Å². The molecule has 0 unspecified atom stereocenters. The summed E-state index contributed by atoms with van der Waals surface area (Å²) in [6.45, 7) is 2.65. The molecular formula is C8H14N4O2. The van der Waals surface area contributed by atoms with Crippen LogP contribution in [-0.2, 0) is 11.2 Å². The molecule has 0 aliphatic heterocycles. The van der Waals surface area contributed by atoms with Crippen molar-refractivity contribution >= 4 is 5.97 Å². The zero-order chi connectivity index (χ0) is 10.4. The second kappa shape index (κ2) is 5.33. The number of aryl methyl sites for hydroxylation is 1. The fourth-order valence-electron chi connectivity index (χ4n) is 1.06. The summed E-state index contributed by atoms with van der Waals surface area (Å²) in [4.78, 5) is 11.3. The van der Waals surface area contributed by atoms with Crippen molar-refractivity contribution in [2.45, 2.75) is 19.8 Å². The van der Waals surface area contributed by atoms with Gasteiger partial charge in [-0.25, -0.2) is 4.79 Å². The molecule has 14 heavy (non-hydrogen) atoms. The van der Waals surface area contributed by atoms with Gasteiger partial charge >= 0.3 is 5.97 Å². The van der Waals surface area contributed by atoms with Gasteiger partial charge in [0.25, 0.3) is 0 Å². The number of nitrogens with one attached hydrogen (secondary N) is 1. The van der Waals surface area contributed by atoms with Gasteiger partial charge in [-0.15, -0.1) is 5.10 Å². The molecule has 1 rings (SSSR count). The first-order valence-electron chi connectivity index (χ1n) is 4.56. The standard InChI is InChI=1S/C8H14N4O2/c1-2-14-8(13)7-6(4-3-5-9)10-12-11-7/h2-5,9H2,1H3,(H,10,11,12). The molecule has 1 aromatic rings. The van der Waals surface area contributed by atoms with Gasteiger partial charge in [-0.2, -0.15) is 10.3 Å². The second-order valence-electron chi connectivity index (χ2n) is 2.73. The summed E-state index contributed by atoms with van der Waals surface area (Å²) >= 11 is 0. The molecule has 3 N–H and O–H groups in total. The van der Waals surface area contributed by atoms with Gasteiger partial charge in [-0.3, -0.25) is 0 Å². The van der Waals surface area contributed by atoms with Crippen LogP contribution in [-0.4, -0.2) is 34.5 Å². The van der Waals surface area contributed by atoms with Crippen LogP contribution < -0.4 is 5.73 Å². The summed E-state index contributed by atoms with van der Waals surface area (Å²) < 4.78 is 4.81. The second-order valence-corrected chi connectivity index (χ2v) is 2.73. The normalized spacial score (nSPS) is 10.1. The molecule has 0 aliphatic rings. The third-order valence-electron chi connectivity index (χ3n) is 1.71. The highest BCUT2D eigenvalue weighted by molar-refractivity contribution is 5.88. The molecule has 0 fully saturated rings. The van der Waals surface area contributed by atoms with Crippen LogP contribution in [0.5, 0.6) is 0 Å². The van der Waals surface area contributed by atoms with Crippen molar-refractivity contribution in [3.8, 4) is 0 Å². The van der Waals surface area contributed by atoms with Gasteiger partial charge in [0.1, 0.15) is 0 Å². The zero-order valence-corrected chi connectivity index (χ0v) is 8.12. The van der Waals surface area contributed by atoms with Crippen LogP contribution in [0.2, 0.25) is 0 Å². The number of aromatic nitrogens is 3. The van der Waals surface area contributed by atoms with Crippen LogP contribution in [0.15, 0.2) is 0 Å². The topological polar surface area (TPSA) is 93.9 Å². The van der Waals surface area contributed by atoms with E-state index in [-0.39, 0.29) is 5.69 Å². The predicted octanol–water partition coefficient (Wildman–Crippen LogP) is -0.127. The van der Waals surface area contributed by atoms with Gasteiger partial charge in [0.05, 0.1) is 12.3 Å². The highest BCUT2D eigenvalue weighted by atomic mass is 16.5. The Hall–Kier alpha value is -1.43. The third-order valence-corrected chi connectivity index (χ3v) is 1.71. The molecule has 1 aromatic heterocycles. The van der Waals surface area contributed by atoms with E-state index in [0.29, 0.717) is 25.3 Å². The summed E-state index contributed by atoms with van der Waals surface area (Å²) in [6, 6.07) is 0. The summed E-state index contributed by atoms with van der Waals surface area (Å²) in [7, 11) is 0.